The number of nitrogens with one attached hydrogen (secondary N) is 2. The van der Waals surface area contributed by atoms with Crippen molar-refractivity contribution in [1.29, 1.82) is 0 Å². The van der Waals surface area contributed by atoms with Crippen LogP contribution in [0.1, 0.15) is 0 Å². The smallest absolute Gasteiger partial charge is 0.228 e. The van der Waals surface area contributed by atoms with Gasteiger partial charge < -0.3 is 18.3 Å². The van der Waals surface area contributed by atoms with E-state index in [9.17, 15) is 0 Å². The molecule has 0 aliphatic carbocycles. The van der Waals surface area contributed by atoms with Crippen LogP contribution in [0, 0.1) is 0 Å². The highest BCUT2D eigenvalue weighted by Crippen LogP contribution is 2.51. The number of hydrogen-bond acceptors (Lipinski definition) is 10. The van der Waals surface area contributed by atoms with E-state index in [0.29, 0.717) is 85.0 Å². The molecule has 10 rings (SSSR count). The van der Waals surface area contributed by atoms with E-state index in [0.717, 1.165) is 10.8 Å². The number of oxazole rings is 2. The van der Waals surface area contributed by atoms with Gasteiger partial charge in [-0.15, -0.1) is 0 Å². The normalized spacial score (nSPS) is 11.8. The van der Waals surface area contributed by atoms with Crippen LogP contribution >= 0.6 is 0 Å². The molecule has 0 unspecified atom stereocenters. The van der Waals surface area contributed by atoms with Crippen LogP contribution < -0.4 is 0 Å². The minimum Gasteiger partial charge on any atom is -0.444 e. The molecule has 3 aromatic carbocycles. The lowest BCUT2D eigenvalue weighted by molar-refractivity contribution is 0.422. The Kier molecular flexibility index (Phi) is 5.54. The third kappa shape index (κ3) is 3.81. The Bertz CT molecular complexity index is 2690. The van der Waals surface area contributed by atoms with Gasteiger partial charge in [0.1, 0.15) is 35.1 Å². The Labute approximate surface area is 268 Å². The maximum atomic E-state index is 6.48. The summed E-state index contributed by atoms with van der Waals surface area (Å²) in [6.07, 6.45) is 11.6. The number of aromatic amines is 2. The average molecular weight is 629 g/mol. The molecular formula is C35H20N10O3. The van der Waals surface area contributed by atoms with Gasteiger partial charge in [-0.1, -0.05) is 41.6 Å². The second-order valence-corrected chi connectivity index (χ2v) is 10.9. The first-order chi connectivity index (χ1) is 23.8. The molecule has 7 heterocycles. The molecule has 10 aromatic rings. The number of hydrogen-bond donors (Lipinski definition) is 2. The van der Waals surface area contributed by atoms with Gasteiger partial charge in [0, 0.05) is 47.4 Å². The Morgan fingerprint density at radius 1 is 0.688 bits per heavy atom. The number of para-hydroxylation sites is 2. The van der Waals surface area contributed by atoms with Crippen molar-refractivity contribution in [3.8, 4) is 62.9 Å². The van der Waals surface area contributed by atoms with Gasteiger partial charge in [0.25, 0.3) is 0 Å². The summed E-state index contributed by atoms with van der Waals surface area (Å²) in [5.41, 5.74) is 5.96. The minimum absolute atomic E-state index is 0.316. The molecule has 48 heavy (non-hydrogen) atoms. The summed E-state index contributed by atoms with van der Waals surface area (Å²) in [4.78, 5) is 27.7. The fourth-order valence-corrected chi connectivity index (χ4v) is 6.34. The van der Waals surface area contributed by atoms with Crippen molar-refractivity contribution in [2.75, 3.05) is 0 Å². The molecule has 13 nitrogen and oxygen atoms in total. The Morgan fingerprint density at radius 2 is 1.62 bits per heavy atom. The molecule has 0 bridgehead atoms. The summed E-state index contributed by atoms with van der Waals surface area (Å²) in [6, 6.07) is 21.3. The zero-order valence-electron chi connectivity index (χ0n) is 24.7. The van der Waals surface area contributed by atoms with Gasteiger partial charge in [0.2, 0.25) is 11.8 Å². The van der Waals surface area contributed by atoms with Crippen molar-refractivity contribution in [2.45, 2.75) is 0 Å². The van der Waals surface area contributed by atoms with Crippen LogP contribution in [0.3, 0.4) is 0 Å². The summed E-state index contributed by atoms with van der Waals surface area (Å²) in [7, 11) is 0. The maximum Gasteiger partial charge on any atom is 0.228 e. The van der Waals surface area contributed by atoms with Gasteiger partial charge in [0.15, 0.2) is 17.2 Å². The molecule has 13 heteroatoms. The number of aromatic nitrogens is 10. The van der Waals surface area contributed by atoms with E-state index in [1.54, 1.807) is 37.1 Å². The molecule has 0 aliphatic rings. The van der Waals surface area contributed by atoms with Crippen LogP contribution in [0.2, 0.25) is 0 Å². The van der Waals surface area contributed by atoms with Crippen molar-refractivity contribution in [1.82, 2.24) is 49.8 Å². The molecule has 0 spiro atoms. The molecule has 0 saturated carbocycles. The highest BCUT2D eigenvalue weighted by atomic mass is 16.5. The van der Waals surface area contributed by atoms with Crippen LogP contribution in [-0.2, 0) is 0 Å². The highest BCUT2D eigenvalue weighted by molar-refractivity contribution is 6.15. The van der Waals surface area contributed by atoms with Gasteiger partial charge in [-0.3, -0.25) is 9.67 Å². The second-order valence-electron chi connectivity index (χ2n) is 10.9. The molecule has 228 valence electrons. The zero-order chi connectivity index (χ0) is 31.6. The first-order valence-electron chi connectivity index (χ1n) is 15.0. The minimum atomic E-state index is 0.316. The Morgan fingerprint density at radius 3 is 2.44 bits per heavy atom. The predicted octanol–water partition coefficient (Wildman–Crippen LogP) is 7.47. The van der Waals surface area contributed by atoms with Crippen molar-refractivity contribution in [3.63, 3.8) is 0 Å². The molecule has 0 saturated heterocycles. The number of H-pyrrole nitrogens is 2. The molecule has 2 N–H and O–H groups in total. The number of nitrogens with zero attached hydrogens (tertiary/aromatic N) is 8. The monoisotopic (exact) mass is 628 g/mol. The fourth-order valence-electron chi connectivity index (χ4n) is 6.34. The quantitative estimate of drug-likeness (QED) is 0.188. The summed E-state index contributed by atoms with van der Waals surface area (Å²) in [5.74, 6) is 2.31. The number of rotatable bonds is 6. The lowest BCUT2D eigenvalue weighted by Gasteiger charge is -2.17. The topological polar surface area (TPSA) is 166 Å². The first kappa shape index (κ1) is 26.1. The lowest BCUT2D eigenvalue weighted by atomic mass is 9.89. The van der Waals surface area contributed by atoms with E-state index in [1.807, 2.05) is 65.2 Å². The predicted molar refractivity (Wildman–Crippen MR) is 176 cm³/mol. The standard InChI is InChI=1S/C35H20N10O3/c1-2-6-20-19(5-1)9-12-38-32(20)45-30-28(34-39-16-18-46-34)25(23-11-17-47-44-23)27(35-41-21-7-3-4-8-24(21)48-35)26(22-10-13-40-43-22)29(30)42-33(45)31-36-14-15-37-31/h1-18H,(H,36,37)(H,40,43). The van der Waals surface area contributed by atoms with Crippen LogP contribution in [0.15, 0.2) is 124 Å². The van der Waals surface area contributed by atoms with Crippen LogP contribution in [0.25, 0.3) is 95.8 Å². The van der Waals surface area contributed by atoms with E-state index in [-0.39, 0.29) is 0 Å². The zero-order valence-corrected chi connectivity index (χ0v) is 24.7. The van der Waals surface area contributed by atoms with E-state index in [2.05, 4.69) is 30.3 Å². The molecule has 0 amide bonds. The summed E-state index contributed by atoms with van der Waals surface area (Å²) in [6.45, 7) is 0. The van der Waals surface area contributed by atoms with Crippen molar-refractivity contribution >= 4 is 32.9 Å². The molecule has 0 fully saturated rings. The Hall–Kier alpha value is -7.15. The van der Waals surface area contributed by atoms with Crippen molar-refractivity contribution in [2.24, 2.45) is 0 Å². The molecule has 0 radical (unpaired) electrons. The van der Waals surface area contributed by atoms with Gasteiger partial charge in [-0.2, -0.15) is 5.10 Å². The summed E-state index contributed by atoms with van der Waals surface area (Å²) >= 11 is 0. The largest absolute Gasteiger partial charge is 0.444 e. The van der Waals surface area contributed by atoms with Crippen LogP contribution in [-0.4, -0.2) is 49.8 Å². The first-order valence-corrected chi connectivity index (χ1v) is 15.0. The number of benzene rings is 3. The molecular weight excluding hydrogens is 608 g/mol. The SMILES string of the molecule is c1ccc2c(-n3c(-c4ncc[nH]4)nc4c(-c5cc[nH]n5)c(-c5nc6ccccc6o5)c(-c5ccon5)c(-c5ncco5)c43)nccc2c1. The van der Waals surface area contributed by atoms with E-state index in [4.69, 9.17) is 28.3 Å². The van der Waals surface area contributed by atoms with Crippen LogP contribution in [0.4, 0.5) is 0 Å². The molecule has 7 aromatic heterocycles. The molecule has 0 atom stereocenters. The summed E-state index contributed by atoms with van der Waals surface area (Å²) < 4.78 is 20.0. The number of pyridine rings is 1. The van der Waals surface area contributed by atoms with Gasteiger partial charge >= 0.3 is 0 Å². The van der Waals surface area contributed by atoms with Crippen molar-refractivity contribution in [3.05, 3.63) is 110 Å². The highest BCUT2D eigenvalue weighted by Gasteiger charge is 2.35. The maximum absolute atomic E-state index is 6.48. The van der Waals surface area contributed by atoms with Gasteiger partial charge in [-0.25, -0.2) is 24.9 Å². The van der Waals surface area contributed by atoms with Crippen molar-refractivity contribution < 1.29 is 13.4 Å². The molecule has 0 aliphatic heterocycles. The lowest BCUT2D eigenvalue weighted by Crippen LogP contribution is -2.05. The van der Waals surface area contributed by atoms with E-state index >= 15 is 0 Å². The van der Waals surface area contributed by atoms with Crippen LogP contribution in [0.5, 0.6) is 0 Å². The second kappa shape index (κ2) is 10.2. The van der Waals surface area contributed by atoms with E-state index in [1.165, 1.54) is 12.5 Å². The third-order valence-electron chi connectivity index (χ3n) is 8.28. The summed E-state index contributed by atoms with van der Waals surface area (Å²) in [5, 5.41) is 13.9. The fraction of sp³-hybridized carbons (Fsp3) is 0. The number of imidazole rings is 2. The average Bonchev–Trinajstić information content (AvgIpc) is 3.98. The third-order valence-corrected chi connectivity index (χ3v) is 8.28. The van der Waals surface area contributed by atoms with Gasteiger partial charge in [0.05, 0.1) is 28.5 Å². The van der Waals surface area contributed by atoms with Gasteiger partial charge in [-0.05, 0) is 29.7 Å². The van der Waals surface area contributed by atoms with E-state index < -0.39 is 0 Å². The number of fused-ring (bicyclic) bond motifs is 3. The Balaban J connectivity index is 1.49.